The van der Waals surface area contributed by atoms with Gasteiger partial charge in [0.15, 0.2) is 0 Å². The summed E-state index contributed by atoms with van der Waals surface area (Å²) in [6, 6.07) is 5.73. The molecule has 4 nitrogen and oxygen atoms in total. The number of carbonyl (C=O) groups is 1. The zero-order chi connectivity index (χ0) is 15.0. The lowest BCUT2D eigenvalue weighted by atomic mass is 10.2. The van der Waals surface area contributed by atoms with Crippen molar-refractivity contribution in [2.75, 3.05) is 12.0 Å². The molecule has 0 aliphatic heterocycles. The summed E-state index contributed by atoms with van der Waals surface area (Å²) in [7, 11) is 0. The van der Waals surface area contributed by atoms with Gasteiger partial charge in [-0.3, -0.25) is 4.79 Å². The lowest BCUT2D eigenvalue weighted by molar-refractivity contribution is -0.122. The number of amides is 1. The average Bonchev–Trinajstić information content (AvgIpc) is 2.42. The maximum Gasteiger partial charge on any atom is 0.387 e. The monoisotopic (exact) mass is 304 g/mol. The van der Waals surface area contributed by atoms with E-state index in [0.29, 0.717) is 12.0 Å². The van der Waals surface area contributed by atoms with Crippen LogP contribution < -0.4 is 15.8 Å². The minimum Gasteiger partial charge on any atom is -0.434 e. The summed E-state index contributed by atoms with van der Waals surface area (Å²) in [5.41, 5.74) is 6.19. The Bertz CT molecular complexity index is 433. The van der Waals surface area contributed by atoms with Crippen molar-refractivity contribution in [2.45, 2.75) is 25.6 Å². The highest BCUT2D eigenvalue weighted by atomic mass is 32.2. The zero-order valence-corrected chi connectivity index (χ0v) is 12.0. The van der Waals surface area contributed by atoms with Crippen LogP contribution in [0.15, 0.2) is 24.3 Å². The van der Waals surface area contributed by atoms with Crippen LogP contribution in [0.25, 0.3) is 0 Å². The highest BCUT2D eigenvalue weighted by Gasteiger charge is 2.14. The van der Waals surface area contributed by atoms with Crippen LogP contribution in [0.4, 0.5) is 8.78 Å². The van der Waals surface area contributed by atoms with Gasteiger partial charge in [-0.25, -0.2) is 0 Å². The van der Waals surface area contributed by atoms with Crippen molar-refractivity contribution in [2.24, 2.45) is 5.73 Å². The summed E-state index contributed by atoms with van der Waals surface area (Å²) in [5.74, 6) is 0.547. The number of carbonyl (C=O) groups excluding carboxylic acids is 1. The normalized spacial score (nSPS) is 12.2. The predicted molar refractivity (Wildman–Crippen MR) is 75.9 cm³/mol. The topological polar surface area (TPSA) is 64.4 Å². The van der Waals surface area contributed by atoms with Crippen molar-refractivity contribution >= 4 is 17.7 Å². The van der Waals surface area contributed by atoms with Crippen molar-refractivity contribution in [3.8, 4) is 5.75 Å². The van der Waals surface area contributed by atoms with Crippen LogP contribution in [0.1, 0.15) is 12.0 Å². The summed E-state index contributed by atoms with van der Waals surface area (Å²) in [4.78, 5) is 11.7. The average molecular weight is 304 g/mol. The third-order valence-electron chi connectivity index (χ3n) is 2.61. The summed E-state index contributed by atoms with van der Waals surface area (Å²) >= 11 is 1.61. The van der Waals surface area contributed by atoms with E-state index < -0.39 is 12.7 Å². The molecule has 0 fully saturated rings. The van der Waals surface area contributed by atoms with E-state index in [-0.39, 0.29) is 18.2 Å². The Balaban J connectivity index is 2.54. The van der Waals surface area contributed by atoms with Crippen LogP contribution >= 0.6 is 11.8 Å². The van der Waals surface area contributed by atoms with Crippen LogP contribution in [0.2, 0.25) is 0 Å². The van der Waals surface area contributed by atoms with E-state index in [0.717, 1.165) is 5.75 Å². The number of benzene rings is 1. The molecule has 1 rings (SSSR count). The summed E-state index contributed by atoms with van der Waals surface area (Å²) in [6.45, 7) is -2.79. The van der Waals surface area contributed by atoms with Gasteiger partial charge in [0, 0.05) is 12.1 Å². The van der Waals surface area contributed by atoms with E-state index in [2.05, 4.69) is 10.1 Å². The standard InChI is InChI=1S/C13H18F2N2O2S/c1-20-7-6-10(16)12(18)17-8-9-4-2-3-5-11(9)19-13(14)15/h2-5,10,13H,6-8,16H2,1H3,(H,17,18)/t10-/m0/s1. The van der Waals surface area contributed by atoms with E-state index in [1.54, 1.807) is 30.0 Å². The predicted octanol–water partition coefficient (Wildman–Crippen LogP) is 1.98. The van der Waals surface area contributed by atoms with Gasteiger partial charge in [-0.1, -0.05) is 18.2 Å². The third kappa shape index (κ3) is 5.75. The minimum absolute atomic E-state index is 0.0560. The van der Waals surface area contributed by atoms with E-state index in [1.807, 2.05) is 6.26 Å². The van der Waals surface area contributed by atoms with E-state index in [9.17, 15) is 13.6 Å². The maximum absolute atomic E-state index is 12.2. The first kappa shape index (κ1) is 16.7. The van der Waals surface area contributed by atoms with Gasteiger partial charge in [0.1, 0.15) is 5.75 Å². The number of nitrogens with one attached hydrogen (secondary N) is 1. The summed E-state index contributed by atoms with van der Waals surface area (Å²) in [5, 5.41) is 2.62. The lowest BCUT2D eigenvalue weighted by Gasteiger charge is -2.14. The molecule has 0 aliphatic rings. The van der Waals surface area contributed by atoms with Crippen molar-refractivity contribution < 1.29 is 18.3 Å². The zero-order valence-electron chi connectivity index (χ0n) is 11.1. The van der Waals surface area contributed by atoms with Gasteiger partial charge in [0.25, 0.3) is 0 Å². The number of ether oxygens (including phenoxy) is 1. The van der Waals surface area contributed by atoms with Crippen LogP contribution in [-0.4, -0.2) is 30.6 Å². The fraction of sp³-hybridized carbons (Fsp3) is 0.462. The molecule has 1 amide bonds. The smallest absolute Gasteiger partial charge is 0.387 e. The molecule has 0 spiro atoms. The van der Waals surface area contributed by atoms with Crippen molar-refractivity contribution in [1.82, 2.24) is 5.32 Å². The van der Waals surface area contributed by atoms with Crippen molar-refractivity contribution in [3.05, 3.63) is 29.8 Å². The highest BCUT2D eigenvalue weighted by Crippen LogP contribution is 2.19. The molecule has 1 atom stereocenters. The molecule has 1 aromatic rings. The molecule has 0 heterocycles. The van der Waals surface area contributed by atoms with Crippen LogP contribution in [0.3, 0.4) is 0 Å². The number of nitrogens with two attached hydrogens (primary N) is 1. The van der Waals surface area contributed by atoms with Gasteiger partial charge >= 0.3 is 6.61 Å². The van der Waals surface area contributed by atoms with Crippen LogP contribution in [0.5, 0.6) is 5.75 Å². The quantitative estimate of drug-likeness (QED) is 0.771. The molecule has 1 aromatic carbocycles. The molecule has 20 heavy (non-hydrogen) atoms. The number of rotatable bonds is 8. The van der Waals surface area contributed by atoms with Gasteiger partial charge in [-0.2, -0.15) is 20.5 Å². The molecule has 0 radical (unpaired) electrons. The number of para-hydroxylation sites is 1. The second-order valence-corrected chi connectivity index (χ2v) is 5.08. The van der Waals surface area contributed by atoms with Gasteiger partial charge in [-0.05, 0) is 24.5 Å². The minimum atomic E-state index is -2.89. The Hall–Kier alpha value is -1.34. The van der Waals surface area contributed by atoms with Crippen molar-refractivity contribution in [3.63, 3.8) is 0 Å². The molecule has 0 aliphatic carbocycles. The van der Waals surface area contributed by atoms with E-state index >= 15 is 0 Å². The second-order valence-electron chi connectivity index (χ2n) is 4.09. The summed E-state index contributed by atoms with van der Waals surface area (Å²) in [6.07, 6.45) is 2.50. The van der Waals surface area contributed by atoms with Crippen LogP contribution in [-0.2, 0) is 11.3 Å². The fourth-order valence-electron chi connectivity index (χ4n) is 1.55. The number of hydrogen-bond acceptors (Lipinski definition) is 4. The molecule has 0 bridgehead atoms. The highest BCUT2D eigenvalue weighted by molar-refractivity contribution is 7.98. The first-order valence-corrected chi connectivity index (χ1v) is 7.49. The number of hydrogen-bond donors (Lipinski definition) is 2. The molecule has 0 unspecified atom stereocenters. The summed E-state index contributed by atoms with van der Waals surface area (Å²) < 4.78 is 28.9. The van der Waals surface area contributed by atoms with Gasteiger partial charge in [-0.15, -0.1) is 0 Å². The van der Waals surface area contributed by atoms with Gasteiger partial charge in [0.05, 0.1) is 6.04 Å². The Morgan fingerprint density at radius 1 is 1.45 bits per heavy atom. The first-order chi connectivity index (χ1) is 9.54. The Kier molecular flexibility index (Phi) is 7.32. The maximum atomic E-state index is 12.2. The second kappa shape index (κ2) is 8.76. The molecule has 112 valence electrons. The number of thioether (sulfide) groups is 1. The first-order valence-electron chi connectivity index (χ1n) is 6.09. The number of alkyl halides is 2. The van der Waals surface area contributed by atoms with E-state index in [4.69, 9.17) is 5.73 Å². The molecule has 0 aromatic heterocycles. The fourth-order valence-corrected chi connectivity index (χ4v) is 2.04. The van der Waals surface area contributed by atoms with Crippen molar-refractivity contribution in [1.29, 1.82) is 0 Å². The van der Waals surface area contributed by atoms with Gasteiger partial charge in [0.2, 0.25) is 5.91 Å². The van der Waals surface area contributed by atoms with Crippen LogP contribution in [0, 0.1) is 0 Å². The largest absolute Gasteiger partial charge is 0.434 e. The molecular weight excluding hydrogens is 286 g/mol. The Labute approximate surface area is 121 Å². The molecule has 3 N–H and O–H groups in total. The van der Waals surface area contributed by atoms with Gasteiger partial charge < -0.3 is 15.8 Å². The third-order valence-corrected chi connectivity index (χ3v) is 3.26. The van der Waals surface area contributed by atoms with E-state index in [1.165, 1.54) is 6.07 Å². The molecule has 0 saturated heterocycles. The lowest BCUT2D eigenvalue weighted by Crippen LogP contribution is -2.40. The SMILES string of the molecule is CSCC[C@H](N)C(=O)NCc1ccccc1OC(F)F. The Morgan fingerprint density at radius 2 is 2.15 bits per heavy atom. The number of halogens is 2. The Morgan fingerprint density at radius 3 is 2.80 bits per heavy atom. The molecular formula is C13H18F2N2O2S. The molecule has 0 saturated carbocycles. The molecule has 7 heteroatoms.